The van der Waals surface area contributed by atoms with Gasteiger partial charge in [-0.2, -0.15) is 0 Å². The number of ether oxygens (including phenoxy) is 1. The van der Waals surface area contributed by atoms with Crippen molar-refractivity contribution < 1.29 is 17.9 Å². The van der Waals surface area contributed by atoms with Crippen LogP contribution in [0.4, 0.5) is 0 Å². The summed E-state index contributed by atoms with van der Waals surface area (Å²) in [4.78, 5) is 12.8. The van der Waals surface area contributed by atoms with Gasteiger partial charge in [-0.15, -0.1) is 0 Å². The van der Waals surface area contributed by atoms with Crippen LogP contribution in [0, 0.1) is 5.92 Å². The average Bonchev–Trinajstić information content (AvgIpc) is 2.58. The van der Waals surface area contributed by atoms with E-state index in [-0.39, 0.29) is 6.54 Å². The van der Waals surface area contributed by atoms with E-state index in [1.807, 2.05) is 24.3 Å². The Hall–Kier alpha value is -1.60. The minimum absolute atomic E-state index is 0.248. The lowest BCUT2D eigenvalue weighted by molar-refractivity contribution is -0.124. The summed E-state index contributed by atoms with van der Waals surface area (Å²) in [6.45, 7) is 6.01. The molecule has 0 aromatic heterocycles. The first-order chi connectivity index (χ1) is 11.8. The Balaban J connectivity index is 2.11. The van der Waals surface area contributed by atoms with Crippen LogP contribution in [0.15, 0.2) is 24.3 Å². The molecule has 0 bridgehead atoms. The molecule has 0 unspecified atom stereocenters. The molecular formula is C18H28N2O4S. The molecule has 0 atom stereocenters. The number of carbonyl (C=O) groups excluding carboxylic acids is 1. The molecule has 6 nitrogen and oxygen atoms in total. The second kappa shape index (κ2) is 8.19. The van der Waals surface area contributed by atoms with Crippen LogP contribution in [0.25, 0.3) is 0 Å². The molecule has 1 aromatic rings. The van der Waals surface area contributed by atoms with Crippen LogP contribution in [0.2, 0.25) is 0 Å². The molecule has 140 valence electrons. The number of para-hydroxylation sites is 1. The third-order valence-corrected chi connectivity index (χ3v) is 6.53. The van der Waals surface area contributed by atoms with E-state index in [9.17, 15) is 13.2 Å². The van der Waals surface area contributed by atoms with Gasteiger partial charge in [0, 0.05) is 18.4 Å². The van der Waals surface area contributed by atoms with E-state index >= 15 is 0 Å². The van der Waals surface area contributed by atoms with Gasteiger partial charge >= 0.3 is 0 Å². The summed E-state index contributed by atoms with van der Waals surface area (Å²) in [5.41, 5.74) is 0.842. The van der Waals surface area contributed by atoms with Crippen molar-refractivity contribution in [3.8, 4) is 5.75 Å². The van der Waals surface area contributed by atoms with Gasteiger partial charge in [-0.3, -0.25) is 4.79 Å². The van der Waals surface area contributed by atoms with Crippen molar-refractivity contribution in [1.29, 1.82) is 0 Å². The molecule has 1 heterocycles. The first-order valence-electron chi connectivity index (χ1n) is 8.65. The second-order valence-corrected chi connectivity index (χ2v) is 9.34. The molecule has 1 saturated heterocycles. The largest absolute Gasteiger partial charge is 0.493 e. The predicted molar refractivity (Wildman–Crippen MR) is 98.3 cm³/mol. The van der Waals surface area contributed by atoms with Crippen LogP contribution < -0.4 is 15.4 Å². The SMILES string of the molecule is CC(C)COc1ccccc1CNC(=O)C1(S(C)(=O)=O)CCNCC1. The Bertz CT molecular complexity index is 695. The van der Waals surface area contributed by atoms with Crippen molar-refractivity contribution in [2.75, 3.05) is 26.0 Å². The van der Waals surface area contributed by atoms with E-state index in [0.29, 0.717) is 38.5 Å². The van der Waals surface area contributed by atoms with E-state index in [4.69, 9.17) is 4.74 Å². The van der Waals surface area contributed by atoms with Crippen molar-refractivity contribution >= 4 is 15.7 Å². The first-order valence-corrected chi connectivity index (χ1v) is 10.5. The van der Waals surface area contributed by atoms with Crippen LogP contribution >= 0.6 is 0 Å². The van der Waals surface area contributed by atoms with Crippen molar-refractivity contribution in [3.05, 3.63) is 29.8 Å². The highest BCUT2D eigenvalue weighted by Crippen LogP contribution is 2.28. The van der Waals surface area contributed by atoms with Gasteiger partial charge in [-0.1, -0.05) is 32.0 Å². The lowest BCUT2D eigenvalue weighted by Gasteiger charge is -2.34. The van der Waals surface area contributed by atoms with E-state index in [0.717, 1.165) is 17.6 Å². The Morgan fingerprint density at radius 1 is 1.28 bits per heavy atom. The number of hydrogen-bond acceptors (Lipinski definition) is 5. The summed E-state index contributed by atoms with van der Waals surface area (Å²) in [6, 6.07) is 7.50. The fraction of sp³-hybridized carbons (Fsp3) is 0.611. The molecule has 1 aliphatic heterocycles. The summed E-state index contributed by atoms with van der Waals surface area (Å²) in [7, 11) is -3.51. The zero-order chi connectivity index (χ0) is 18.5. The van der Waals surface area contributed by atoms with E-state index < -0.39 is 20.5 Å². The standard InChI is InChI=1S/C18H28N2O4S/c1-14(2)13-24-16-7-5-4-6-15(16)12-20-17(21)18(25(3,22)23)8-10-19-11-9-18/h4-7,14,19H,8-13H2,1-3H3,(H,20,21). The van der Waals surface area contributed by atoms with Crippen LogP contribution in [0.1, 0.15) is 32.3 Å². The first kappa shape index (κ1) is 19.7. The van der Waals surface area contributed by atoms with Crippen LogP contribution in [-0.2, 0) is 21.2 Å². The fourth-order valence-electron chi connectivity index (χ4n) is 2.98. The minimum Gasteiger partial charge on any atom is -0.493 e. The zero-order valence-electron chi connectivity index (χ0n) is 15.2. The summed E-state index contributed by atoms with van der Waals surface area (Å²) in [5.74, 6) is 0.691. The zero-order valence-corrected chi connectivity index (χ0v) is 16.0. The van der Waals surface area contributed by atoms with E-state index in [1.165, 1.54) is 0 Å². The number of sulfone groups is 1. The van der Waals surface area contributed by atoms with Gasteiger partial charge in [0.1, 0.15) is 5.75 Å². The molecule has 1 aromatic carbocycles. The van der Waals surface area contributed by atoms with Crippen molar-refractivity contribution in [2.45, 2.75) is 38.0 Å². The number of nitrogens with one attached hydrogen (secondary N) is 2. The molecule has 0 radical (unpaired) electrons. The topological polar surface area (TPSA) is 84.5 Å². The van der Waals surface area contributed by atoms with Gasteiger partial charge in [0.25, 0.3) is 0 Å². The molecule has 0 saturated carbocycles. The van der Waals surface area contributed by atoms with E-state index in [2.05, 4.69) is 24.5 Å². The van der Waals surface area contributed by atoms with Gasteiger partial charge < -0.3 is 15.4 Å². The highest BCUT2D eigenvalue weighted by molar-refractivity contribution is 7.92. The van der Waals surface area contributed by atoms with Crippen LogP contribution in [-0.4, -0.2) is 45.0 Å². The van der Waals surface area contributed by atoms with Crippen molar-refractivity contribution in [3.63, 3.8) is 0 Å². The highest BCUT2D eigenvalue weighted by atomic mass is 32.2. The van der Waals surface area contributed by atoms with Gasteiger partial charge in [0.05, 0.1) is 6.61 Å². The number of piperidine rings is 1. The molecule has 0 aliphatic carbocycles. The van der Waals surface area contributed by atoms with Crippen LogP contribution in [0.3, 0.4) is 0 Å². The van der Waals surface area contributed by atoms with E-state index in [1.54, 1.807) is 0 Å². The van der Waals surface area contributed by atoms with Gasteiger partial charge in [0.2, 0.25) is 5.91 Å². The molecule has 1 fully saturated rings. The maximum Gasteiger partial charge on any atom is 0.241 e. The second-order valence-electron chi connectivity index (χ2n) is 7.01. The lowest BCUT2D eigenvalue weighted by atomic mass is 9.95. The molecule has 1 amide bonds. The fourth-order valence-corrected chi connectivity index (χ4v) is 4.34. The maximum absolute atomic E-state index is 12.8. The summed E-state index contributed by atoms with van der Waals surface area (Å²) in [6.07, 6.45) is 1.74. The number of amides is 1. The Labute approximate surface area is 150 Å². The number of hydrogen-bond donors (Lipinski definition) is 2. The molecule has 2 N–H and O–H groups in total. The Morgan fingerprint density at radius 3 is 2.52 bits per heavy atom. The smallest absolute Gasteiger partial charge is 0.241 e. The average molecular weight is 368 g/mol. The highest BCUT2D eigenvalue weighted by Gasteiger charge is 2.48. The molecule has 7 heteroatoms. The van der Waals surface area contributed by atoms with Crippen LogP contribution in [0.5, 0.6) is 5.75 Å². The summed E-state index contributed by atoms with van der Waals surface area (Å²) < 4.78 is 29.0. The number of rotatable bonds is 7. The Kier molecular flexibility index (Phi) is 6.46. The third kappa shape index (κ3) is 4.73. The van der Waals surface area contributed by atoms with Crippen molar-refractivity contribution in [2.24, 2.45) is 5.92 Å². The van der Waals surface area contributed by atoms with Gasteiger partial charge in [0.15, 0.2) is 14.6 Å². The van der Waals surface area contributed by atoms with Crippen molar-refractivity contribution in [1.82, 2.24) is 10.6 Å². The normalized spacial score (nSPS) is 17.3. The third-order valence-electron chi connectivity index (χ3n) is 4.52. The monoisotopic (exact) mass is 368 g/mol. The van der Waals surface area contributed by atoms with Gasteiger partial charge in [-0.25, -0.2) is 8.42 Å². The van der Waals surface area contributed by atoms with Gasteiger partial charge in [-0.05, 0) is 37.9 Å². The molecule has 1 aliphatic rings. The predicted octanol–water partition coefficient (Wildman–Crippen LogP) is 1.50. The molecule has 2 rings (SSSR count). The quantitative estimate of drug-likeness (QED) is 0.762. The lowest BCUT2D eigenvalue weighted by Crippen LogP contribution is -2.57. The molecular weight excluding hydrogens is 340 g/mol. The molecule has 0 spiro atoms. The maximum atomic E-state index is 12.8. The molecule has 25 heavy (non-hydrogen) atoms. The minimum atomic E-state index is -3.51. The number of benzene rings is 1. The summed E-state index contributed by atoms with van der Waals surface area (Å²) >= 11 is 0. The Morgan fingerprint density at radius 2 is 1.92 bits per heavy atom. The number of carbonyl (C=O) groups is 1. The summed E-state index contributed by atoms with van der Waals surface area (Å²) in [5, 5.41) is 5.93.